The highest BCUT2D eigenvalue weighted by Crippen LogP contribution is 2.32. The van der Waals surface area contributed by atoms with Crippen LogP contribution in [0.3, 0.4) is 0 Å². The predicted octanol–water partition coefficient (Wildman–Crippen LogP) is 4.99. The van der Waals surface area contributed by atoms with Crippen LogP contribution in [0.5, 0.6) is 0 Å². The number of carbonyl (C=O) groups is 1. The minimum Gasteiger partial charge on any atom is -0.481 e. The molecule has 1 aliphatic rings. The van der Waals surface area contributed by atoms with Gasteiger partial charge >= 0.3 is 5.97 Å². The Morgan fingerprint density at radius 3 is 2.33 bits per heavy atom. The van der Waals surface area contributed by atoms with Crippen LogP contribution in [-0.4, -0.2) is 17.6 Å². The van der Waals surface area contributed by atoms with Gasteiger partial charge in [-0.25, -0.2) is 0 Å². The summed E-state index contributed by atoms with van der Waals surface area (Å²) in [5.74, 6) is -0.0673. The van der Waals surface area contributed by atoms with Gasteiger partial charge in [0.25, 0.3) is 0 Å². The molecule has 0 amide bonds. The second-order valence-corrected chi connectivity index (χ2v) is 7.96. The molecule has 160 valence electrons. The number of rotatable bonds is 11. The standard InChI is InChI=1S/C25H32N2O3/c1-19(22-11-7-20(8-12-22)17-26-16-15-25(28)29)27-30-18-21-9-13-24(14-10-21)23-5-3-2-4-6-23/h7-14,23,26-27H,1-6,15-18H2,(H,28,29). The summed E-state index contributed by atoms with van der Waals surface area (Å²) in [6.07, 6.45) is 6.83. The molecule has 0 unspecified atom stereocenters. The monoisotopic (exact) mass is 408 g/mol. The zero-order valence-corrected chi connectivity index (χ0v) is 17.5. The first-order valence-electron chi connectivity index (χ1n) is 10.8. The van der Waals surface area contributed by atoms with E-state index in [9.17, 15) is 4.79 Å². The van der Waals surface area contributed by atoms with Crippen molar-refractivity contribution in [2.75, 3.05) is 6.54 Å². The van der Waals surface area contributed by atoms with E-state index in [1.807, 2.05) is 24.3 Å². The quantitative estimate of drug-likeness (QED) is 0.361. The van der Waals surface area contributed by atoms with Crippen LogP contribution in [0.2, 0.25) is 0 Å². The van der Waals surface area contributed by atoms with Crippen LogP contribution in [0.1, 0.15) is 66.7 Å². The average molecular weight is 409 g/mol. The van der Waals surface area contributed by atoms with Gasteiger partial charge in [0.1, 0.15) is 0 Å². The largest absolute Gasteiger partial charge is 0.481 e. The van der Waals surface area contributed by atoms with Crippen molar-refractivity contribution >= 4 is 11.7 Å². The van der Waals surface area contributed by atoms with Crippen LogP contribution in [0.15, 0.2) is 55.1 Å². The Labute approximate surface area is 179 Å². The van der Waals surface area contributed by atoms with E-state index in [-0.39, 0.29) is 6.42 Å². The van der Waals surface area contributed by atoms with Gasteiger partial charge < -0.3 is 10.4 Å². The van der Waals surface area contributed by atoms with Crippen molar-refractivity contribution in [3.8, 4) is 0 Å². The number of carboxylic acids is 1. The Balaban J connectivity index is 1.39. The number of hydrogen-bond donors (Lipinski definition) is 3. The number of hydroxylamine groups is 1. The summed E-state index contributed by atoms with van der Waals surface area (Å²) in [6.45, 7) is 5.62. The molecule has 2 aromatic carbocycles. The van der Waals surface area contributed by atoms with Gasteiger partial charge in [-0.2, -0.15) is 0 Å². The van der Waals surface area contributed by atoms with Crippen molar-refractivity contribution in [1.29, 1.82) is 0 Å². The Morgan fingerprint density at radius 2 is 1.67 bits per heavy atom. The Bertz CT molecular complexity index is 809. The van der Waals surface area contributed by atoms with E-state index in [4.69, 9.17) is 9.94 Å². The lowest BCUT2D eigenvalue weighted by molar-refractivity contribution is -0.136. The second kappa shape index (κ2) is 11.5. The fraction of sp³-hybridized carbons (Fsp3) is 0.400. The van der Waals surface area contributed by atoms with Gasteiger partial charge in [0.15, 0.2) is 0 Å². The first-order chi connectivity index (χ1) is 14.6. The maximum absolute atomic E-state index is 10.5. The van der Waals surface area contributed by atoms with Crippen molar-refractivity contribution in [3.05, 3.63) is 77.4 Å². The third-order valence-corrected chi connectivity index (χ3v) is 5.64. The van der Waals surface area contributed by atoms with Crippen LogP contribution in [0.4, 0.5) is 0 Å². The van der Waals surface area contributed by atoms with Gasteiger partial charge in [0, 0.05) is 13.1 Å². The Kier molecular flexibility index (Phi) is 8.48. The Morgan fingerprint density at radius 1 is 1.00 bits per heavy atom. The van der Waals surface area contributed by atoms with Crippen LogP contribution >= 0.6 is 0 Å². The molecule has 0 aromatic heterocycles. The van der Waals surface area contributed by atoms with Crippen molar-refractivity contribution in [1.82, 2.24) is 10.8 Å². The van der Waals surface area contributed by atoms with Crippen molar-refractivity contribution in [2.45, 2.75) is 57.6 Å². The molecular formula is C25H32N2O3. The average Bonchev–Trinajstić information content (AvgIpc) is 2.78. The third-order valence-electron chi connectivity index (χ3n) is 5.64. The third kappa shape index (κ3) is 7.01. The van der Waals surface area contributed by atoms with E-state index in [0.717, 1.165) is 22.6 Å². The maximum Gasteiger partial charge on any atom is 0.304 e. The summed E-state index contributed by atoms with van der Waals surface area (Å²) in [4.78, 5) is 16.2. The molecule has 3 N–H and O–H groups in total. The van der Waals surface area contributed by atoms with E-state index in [1.54, 1.807) is 0 Å². The summed E-state index contributed by atoms with van der Waals surface area (Å²) in [5, 5.41) is 11.8. The first kappa shape index (κ1) is 22.1. The highest BCUT2D eigenvalue weighted by molar-refractivity contribution is 5.66. The first-order valence-corrected chi connectivity index (χ1v) is 10.8. The minimum atomic E-state index is -0.791. The fourth-order valence-electron chi connectivity index (χ4n) is 3.84. The normalized spacial score (nSPS) is 14.4. The summed E-state index contributed by atoms with van der Waals surface area (Å²) in [5.41, 5.74) is 8.28. The predicted molar refractivity (Wildman–Crippen MR) is 120 cm³/mol. The van der Waals surface area contributed by atoms with Gasteiger partial charge in [-0.1, -0.05) is 74.4 Å². The second-order valence-electron chi connectivity index (χ2n) is 7.96. The molecule has 0 atom stereocenters. The van der Waals surface area contributed by atoms with E-state index in [2.05, 4.69) is 41.6 Å². The molecule has 30 heavy (non-hydrogen) atoms. The molecule has 1 saturated carbocycles. The van der Waals surface area contributed by atoms with Gasteiger partial charge in [0.05, 0.1) is 18.7 Å². The molecule has 5 nitrogen and oxygen atoms in total. The molecule has 0 saturated heterocycles. The van der Waals surface area contributed by atoms with Gasteiger partial charge in [0.2, 0.25) is 0 Å². The van der Waals surface area contributed by atoms with Gasteiger partial charge in [-0.3, -0.25) is 15.1 Å². The molecular weight excluding hydrogens is 376 g/mol. The van der Waals surface area contributed by atoms with E-state index >= 15 is 0 Å². The smallest absolute Gasteiger partial charge is 0.304 e. The highest BCUT2D eigenvalue weighted by Gasteiger charge is 2.15. The van der Waals surface area contributed by atoms with Crippen LogP contribution in [0, 0.1) is 0 Å². The van der Waals surface area contributed by atoms with Gasteiger partial charge in [-0.15, -0.1) is 0 Å². The molecule has 0 radical (unpaired) electrons. The van der Waals surface area contributed by atoms with Crippen LogP contribution in [0.25, 0.3) is 5.70 Å². The zero-order chi connectivity index (χ0) is 21.2. The maximum atomic E-state index is 10.5. The molecule has 1 aliphatic carbocycles. The lowest BCUT2D eigenvalue weighted by atomic mass is 9.84. The van der Waals surface area contributed by atoms with Crippen LogP contribution in [-0.2, 0) is 22.8 Å². The lowest BCUT2D eigenvalue weighted by Gasteiger charge is -2.22. The molecule has 2 aromatic rings. The van der Waals surface area contributed by atoms with Crippen molar-refractivity contribution in [2.24, 2.45) is 0 Å². The van der Waals surface area contributed by atoms with Gasteiger partial charge in [-0.05, 0) is 41.0 Å². The zero-order valence-electron chi connectivity index (χ0n) is 17.5. The topological polar surface area (TPSA) is 70.6 Å². The molecule has 0 bridgehead atoms. The van der Waals surface area contributed by atoms with Crippen LogP contribution < -0.4 is 10.8 Å². The lowest BCUT2D eigenvalue weighted by Crippen LogP contribution is -2.17. The molecule has 5 heteroatoms. The number of benzene rings is 2. The van der Waals surface area contributed by atoms with E-state index < -0.39 is 5.97 Å². The fourth-order valence-corrected chi connectivity index (χ4v) is 3.84. The minimum absolute atomic E-state index is 0.124. The number of aliphatic carboxylic acids is 1. The Hall–Kier alpha value is -2.63. The van der Waals surface area contributed by atoms with E-state index in [1.165, 1.54) is 37.7 Å². The molecule has 3 rings (SSSR count). The number of carboxylic acid groups (broad SMARTS) is 1. The number of hydrogen-bond acceptors (Lipinski definition) is 4. The summed E-state index contributed by atoms with van der Waals surface area (Å²) in [6, 6.07) is 16.7. The molecule has 0 heterocycles. The SMILES string of the molecule is C=C(NOCc1ccc(C2CCCCC2)cc1)c1ccc(CNCCC(=O)O)cc1. The number of nitrogens with one attached hydrogen (secondary N) is 2. The molecule has 0 aliphatic heterocycles. The molecule has 0 spiro atoms. The van der Waals surface area contributed by atoms with E-state index in [0.29, 0.717) is 25.4 Å². The summed E-state index contributed by atoms with van der Waals surface area (Å²) < 4.78 is 0. The summed E-state index contributed by atoms with van der Waals surface area (Å²) >= 11 is 0. The van der Waals surface area contributed by atoms with Crippen molar-refractivity contribution in [3.63, 3.8) is 0 Å². The summed E-state index contributed by atoms with van der Waals surface area (Å²) in [7, 11) is 0. The molecule has 1 fully saturated rings. The highest BCUT2D eigenvalue weighted by atomic mass is 16.6. The van der Waals surface area contributed by atoms with Crippen molar-refractivity contribution < 1.29 is 14.7 Å².